The highest BCUT2D eigenvalue weighted by Crippen LogP contribution is 2.23. The quantitative estimate of drug-likeness (QED) is 0.588. The van der Waals surface area contributed by atoms with Crippen LogP contribution in [0.25, 0.3) is 0 Å². The van der Waals surface area contributed by atoms with Gasteiger partial charge >= 0.3 is 0 Å². The fraction of sp³-hybridized carbons (Fsp3) is 0.769. The Hall–Kier alpha value is -1.24. The van der Waals surface area contributed by atoms with Crippen molar-refractivity contribution in [3.63, 3.8) is 0 Å². The summed E-state index contributed by atoms with van der Waals surface area (Å²) < 4.78 is 1.91. The number of nitrogens with zero attached hydrogens (tertiary/aromatic N) is 4. The van der Waals surface area contributed by atoms with Crippen molar-refractivity contribution in [2.45, 2.75) is 51.7 Å². The van der Waals surface area contributed by atoms with Crippen LogP contribution in [0.2, 0.25) is 0 Å². The third-order valence-electron chi connectivity index (χ3n) is 3.09. The Bertz CT molecular complexity index is 428. The Morgan fingerprint density at radius 3 is 2.55 bits per heavy atom. The standard InChI is InChI=1S/C13H25N5OS/c1-5-17(6-2)11(19)8-7-9-20-13-16-15-12(14)18(13)10(3)4/h10H,5-9H2,1-4H3,(H2,14,15). The van der Waals surface area contributed by atoms with Crippen LogP contribution in [0.4, 0.5) is 5.95 Å². The normalized spacial score (nSPS) is 11.1. The molecule has 114 valence electrons. The van der Waals surface area contributed by atoms with Crippen LogP contribution in [-0.4, -0.2) is 44.4 Å². The molecule has 0 spiro atoms. The number of nitrogens with two attached hydrogens (primary N) is 1. The highest BCUT2D eigenvalue weighted by atomic mass is 32.2. The van der Waals surface area contributed by atoms with Gasteiger partial charge in [-0.3, -0.25) is 9.36 Å². The predicted octanol–water partition coefficient (Wildman–Crippen LogP) is 2.18. The van der Waals surface area contributed by atoms with Crippen LogP contribution in [-0.2, 0) is 4.79 Å². The van der Waals surface area contributed by atoms with Gasteiger partial charge in [0, 0.05) is 31.3 Å². The van der Waals surface area contributed by atoms with Crippen LogP contribution in [0.1, 0.15) is 46.6 Å². The first kappa shape index (κ1) is 16.8. The number of carbonyl (C=O) groups excluding carboxylic acids is 1. The van der Waals surface area contributed by atoms with Crippen molar-refractivity contribution in [2.24, 2.45) is 0 Å². The molecule has 0 aromatic carbocycles. The van der Waals surface area contributed by atoms with Crippen LogP contribution < -0.4 is 5.73 Å². The molecule has 20 heavy (non-hydrogen) atoms. The zero-order chi connectivity index (χ0) is 15.1. The number of amides is 1. The van der Waals surface area contributed by atoms with E-state index >= 15 is 0 Å². The van der Waals surface area contributed by atoms with E-state index in [-0.39, 0.29) is 11.9 Å². The molecule has 2 N–H and O–H groups in total. The fourth-order valence-electron chi connectivity index (χ4n) is 1.99. The van der Waals surface area contributed by atoms with Crippen molar-refractivity contribution in [2.75, 3.05) is 24.6 Å². The average Bonchev–Trinajstić information content (AvgIpc) is 2.77. The summed E-state index contributed by atoms with van der Waals surface area (Å²) in [6.45, 7) is 9.66. The fourth-order valence-corrected chi connectivity index (χ4v) is 3.01. The van der Waals surface area contributed by atoms with E-state index in [0.717, 1.165) is 30.4 Å². The van der Waals surface area contributed by atoms with Gasteiger partial charge in [0.05, 0.1) is 0 Å². The molecular formula is C13H25N5OS. The summed E-state index contributed by atoms with van der Waals surface area (Å²) in [5.74, 6) is 1.51. The van der Waals surface area contributed by atoms with Crippen molar-refractivity contribution in [3.05, 3.63) is 0 Å². The van der Waals surface area contributed by atoms with Gasteiger partial charge in [-0.15, -0.1) is 10.2 Å². The summed E-state index contributed by atoms with van der Waals surface area (Å²) in [6.07, 6.45) is 1.42. The summed E-state index contributed by atoms with van der Waals surface area (Å²) in [4.78, 5) is 13.7. The highest BCUT2D eigenvalue weighted by molar-refractivity contribution is 7.99. The van der Waals surface area contributed by atoms with Crippen LogP contribution in [0.3, 0.4) is 0 Å². The van der Waals surface area contributed by atoms with E-state index in [1.54, 1.807) is 11.8 Å². The molecule has 0 saturated heterocycles. The minimum absolute atomic E-state index is 0.223. The van der Waals surface area contributed by atoms with Crippen LogP contribution in [0.5, 0.6) is 0 Å². The molecule has 0 atom stereocenters. The van der Waals surface area contributed by atoms with Gasteiger partial charge in [0.25, 0.3) is 0 Å². The Kier molecular flexibility index (Phi) is 6.84. The van der Waals surface area contributed by atoms with Crippen molar-refractivity contribution < 1.29 is 4.79 Å². The first-order valence-corrected chi connectivity index (χ1v) is 8.10. The maximum absolute atomic E-state index is 11.9. The second-order valence-electron chi connectivity index (χ2n) is 4.82. The van der Waals surface area contributed by atoms with Crippen molar-refractivity contribution in [1.82, 2.24) is 19.7 Å². The highest BCUT2D eigenvalue weighted by Gasteiger charge is 2.13. The van der Waals surface area contributed by atoms with Crippen LogP contribution in [0.15, 0.2) is 5.16 Å². The number of carbonyl (C=O) groups is 1. The van der Waals surface area contributed by atoms with Gasteiger partial charge in [-0.2, -0.15) is 0 Å². The molecule has 0 aliphatic carbocycles. The largest absolute Gasteiger partial charge is 0.368 e. The van der Waals surface area contributed by atoms with Gasteiger partial charge in [0.2, 0.25) is 11.9 Å². The lowest BCUT2D eigenvalue weighted by atomic mass is 10.3. The molecule has 1 aromatic rings. The van der Waals surface area contributed by atoms with Crippen molar-refractivity contribution in [3.8, 4) is 0 Å². The van der Waals surface area contributed by atoms with Crippen LogP contribution in [0, 0.1) is 0 Å². The van der Waals surface area contributed by atoms with Crippen molar-refractivity contribution in [1.29, 1.82) is 0 Å². The Labute approximate surface area is 125 Å². The number of hydrogen-bond acceptors (Lipinski definition) is 5. The molecule has 1 rings (SSSR count). The zero-order valence-electron chi connectivity index (χ0n) is 12.8. The molecule has 0 saturated carbocycles. The Balaban J connectivity index is 2.40. The SMILES string of the molecule is CCN(CC)C(=O)CCCSc1nnc(N)n1C(C)C. The minimum atomic E-state index is 0.223. The molecule has 7 heteroatoms. The molecule has 0 radical (unpaired) electrons. The molecule has 0 aliphatic heterocycles. The molecule has 0 bridgehead atoms. The summed E-state index contributed by atoms with van der Waals surface area (Å²) in [6, 6.07) is 0.241. The smallest absolute Gasteiger partial charge is 0.222 e. The van der Waals surface area contributed by atoms with Crippen molar-refractivity contribution >= 4 is 23.6 Å². The van der Waals surface area contributed by atoms with E-state index in [0.29, 0.717) is 12.4 Å². The molecule has 0 aliphatic rings. The third-order valence-corrected chi connectivity index (χ3v) is 4.12. The molecule has 1 amide bonds. The van der Waals surface area contributed by atoms with E-state index in [1.165, 1.54) is 0 Å². The van der Waals surface area contributed by atoms with Gasteiger partial charge in [-0.1, -0.05) is 11.8 Å². The van der Waals surface area contributed by atoms with E-state index in [1.807, 2.05) is 37.2 Å². The summed E-state index contributed by atoms with van der Waals surface area (Å²) in [5.41, 5.74) is 5.79. The predicted molar refractivity (Wildman–Crippen MR) is 82.7 cm³/mol. The number of thioether (sulfide) groups is 1. The second-order valence-corrected chi connectivity index (χ2v) is 5.88. The molecule has 1 aromatic heterocycles. The second kappa shape index (κ2) is 8.14. The zero-order valence-corrected chi connectivity index (χ0v) is 13.6. The molecule has 6 nitrogen and oxygen atoms in total. The summed E-state index contributed by atoms with van der Waals surface area (Å²) in [5, 5.41) is 8.80. The van der Waals surface area contributed by atoms with Gasteiger partial charge in [0.1, 0.15) is 0 Å². The topological polar surface area (TPSA) is 77.0 Å². The number of aromatic nitrogens is 3. The lowest BCUT2D eigenvalue weighted by Crippen LogP contribution is -2.30. The maximum Gasteiger partial charge on any atom is 0.222 e. The monoisotopic (exact) mass is 299 g/mol. The number of nitrogen functional groups attached to an aromatic ring is 1. The maximum atomic E-state index is 11.9. The lowest BCUT2D eigenvalue weighted by molar-refractivity contribution is -0.130. The van der Waals surface area contributed by atoms with E-state index in [2.05, 4.69) is 10.2 Å². The number of rotatable bonds is 8. The van der Waals surface area contributed by atoms with Gasteiger partial charge < -0.3 is 10.6 Å². The Morgan fingerprint density at radius 1 is 1.35 bits per heavy atom. The van der Waals surface area contributed by atoms with E-state index < -0.39 is 0 Å². The van der Waals surface area contributed by atoms with Crippen LogP contribution >= 0.6 is 11.8 Å². The third kappa shape index (κ3) is 4.40. The van der Waals surface area contributed by atoms with Gasteiger partial charge in [-0.25, -0.2) is 0 Å². The first-order chi connectivity index (χ1) is 9.51. The lowest BCUT2D eigenvalue weighted by Gasteiger charge is -2.18. The number of hydrogen-bond donors (Lipinski definition) is 1. The molecular weight excluding hydrogens is 274 g/mol. The van der Waals surface area contributed by atoms with Gasteiger partial charge in [-0.05, 0) is 34.1 Å². The summed E-state index contributed by atoms with van der Waals surface area (Å²) in [7, 11) is 0. The Morgan fingerprint density at radius 2 is 2.00 bits per heavy atom. The number of anilines is 1. The molecule has 0 fully saturated rings. The average molecular weight is 299 g/mol. The molecule has 1 heterocycles. The van der Waals surface area contributed by atoms with Gasteiger partial charge in [0.15, 0.2) is 5.16 Å². The summed E-state index contributed by atoms with van der Waals surface area (Å²) >= 11 is 1.60. The van der Waals surface area contributed by atoms with E-state index in [4.69, 9.17) is 5.73 Å². The molecule has 0 unspecified atom stereocenters. The minimum Gasteiger partial charge on any atom is -0.368 e. The van der Waals surface area contributed by atoms with E-state index in [9.17, 15) is 4.79 Å². The first-order valence-electron chi connectivity index (χ1n) is 7.12.